The number of rotatable bonds is 2. The van der Waals surface area contributed by atoms with Gasteiger partial charge in [0.2, 0.25) is 0 Å². The van der Waals surface area contributed by atoms with Crippen LogP contribution in [-0.4, -0.2) is 0 Å². The van der Waals surface area contributed by atoms with E-state index < -0.39 is 17.6 Å². The summed E-state index contributed by atoms with van der Waals surface area (Å²) in [5.41, 5.74) is 2.80. The Morgan fingerprint density at radius 3 is 2.03 bits per heavy atom. The van der Waals surface area contributed by atoms with Crippen LogP contribution in [0.3, 0.4) is 0 Å². The Bertz CT molecular complexity index is 1290. The van der Waals surface area contributed by atoms with E-state index in [9.17, 15) is 13.2 Å². The predicted octanol–water partition coefficient (Wildman–Crippen LogP) is 7.63. The van der Waals surface area contributed by atoms with Crippen LogP contribution >= 0.6 is 0 Å². The monoisotopic (exact) mass is 418 g/mol. The molecule has 0 unspecified atom stereocenters. The molecule has 0 radical (unpaired) electrons. The van der Waals surface area contributed by atoms with E-state index in [-0.39, 0.29) is 5.56 Å². The van der Waals surface area contributed by atoms with Gasteiger partial charge in [0.1, 0.15) is 5.82 Å². The molecule has 0 nitrogen and oxygen atoms in total. The molecule has 4 aromatic carbocycles. The first-order valence-corrected chi connectivity index (χ1v) is 9.86. The number of hydrogen-bond donors (Lipinski definition) is 0. The van der Waals surface area contributed by atoms with Gasteiger partial charge in [-0.2, -0.15) is 13.2 Å². The maximum Gasteiger partial charge on any atom is 0.416 e. The van der Waals surface area contributed by atoms with Gasteiger partial charge in [-0.3, -0.25) is 0 Å². The standard InChI is InChI=1S/C27H18F4/c1-2-18-3-5-19(6-4-18)7-8-20-9-15-25-22(17-20)12-16-24(26(25)28)21-10-13-23(14-11-21)27(29,30)31/h3-6,9-17H,2H2,1H3. The van der Waals surface area contributed by atoms with Crippen LogP contribution in [-0.2, 0) is 12.6 Å². The van der Waals surface area contributed by atoms with Crippen molar-refractivity contribution in [3.05, 3.63) is 107 Å². The summed E-state index contributed by atoms with van der Waals surface area (Å²) in [6.07, 6.45) is -3.45. The van der Waals surface area contributed by atoms with Crippen LogP contribution in [0.5, 0.6) is 0 Å². The van der Waals surface area contributed by atoms with Gasteiger partial charge in [0.25, 0.3) is 0 Å². The van der Waals surface area contributed by atoms with E-state index in [0.29, 0.717) is 16.3 Å². The number of halogens is 4. The van der Waals surface area contributed by atoms with Crippen LogP contribution in [0.25, 0.3) is 21.9 Å². The zero-order valence-electron chi connectivity index (χ0n) is 16.7. The summed E-state index contributed by atoms with van der Waals surface area (Å²) in [6, 6.07) is 21.1. The van der Waals surface area contributed by atoms with Crippen LogP contribution in [0, 0.1) is 17.7 Å². The van der Waals surface area contributed by atoms with Gasteiger partial charge in [-0.05, 0) is 59.3 Å². The van der Waals surface area contributed by atoms with Crippen molar-refractivity contribution < 1.29 is 17.6 Å². The smallest absolute Gasteiger partial charge is 0.206 e. The average Bonchev–Trinajstić information content (AvgIpc) is 2.78. The molecule has 0 aromatic heterocycles. The van der Waals surface area contributed by atoms with Gasteiger partial charge < -0.3 is 0 Å². The third kappa shape index (κ3) is 4.46. The van der Waals surface area contributed by atoms with Gasteiger partial charge in [-0.25, -0.2) is 4.39 Å². The van der Waals surface area contributed by atoms with Crippen LogP contribution in [0.4, 0.5) is 17.6 Å². The molecule has 0 atom stereocenters. The quantitative estimate of drug-likeness (QED) is 0.232. The van der Waals surface area contributed by atoms with E-state index in [1.807, 2.05) is 30.3 Å². The van der Waals surface area contributed by atoms with Crippen molar-refractivity contribution >= 4 is 10.8 Å². The van der Waals surface area contributed by atoms with Gasteiger partial charge in [-0.1, -0.05) is 61.2 Å². The molecule has 0 aliphatic heterocycles. The minimum atomic E-state index is -4.42. The van der Waals surface area contributed by atoms with E-state index in [1.165, 1.54) is 17.7 Å². The molecule has 0 aliphatic carbocycles. The fourth-order valence-electron chi connectivity index (χ4n) is 3.40. The Hall–Kier alpha value is -3.58. The number of hydrogen-bond acceptors (Lipinski definition) is 0. The molecule has 31 heavy (non-hydrogen) atoms. The molecule has 154 valence electrons. The van der Waals surface area contributed by atoms with Gasteiger partial charge in [0.15, 0.2) is 0 Å². The highest BCUT2D eigenvalue weighted by molar-refractivity contribution is 5.89. The molecule has 0 heterocycles. The summed E-state index contributed by atoms with van der Waals surface area (Å²) in [4.78, 5) is 0. The summed E-state index contributed by atoms with van der Waals surface area (Å²) in [5.74, 6) is 5.74. The first-order chi connectivity index (χ1) is 14.8. The molecule has 0 amide bonds. The van der Waals surface area contributed by atoms with Crippen molar-refractivity contribution in [3.8, 4) is 23.0 Å². The predicted molar refractivity (Wildman–Crippen MR) is 116 cm³/mol. The van der Waals surface area contributed by atoms with Crippen molar-refractivity contribution in [2.45, 2.75) is 19.5 Å². The Morgan fingerprint density at radius 1 is 0.742 bits per heavy atom. The maximum absolute atomic E-state index is 15.1. The summed E-state index contributed by atoms with van der Waals surface area (Å²) < 4.78 is 53.4. The third-order valence-electron chi connectivity index (χ3n) is 5.19. The minimum Gasteiger partial charge on any atom is -0.206 e. The Kier molecular flexibility index (Phi) is 5.52. The second-order valence-corrected chi connectivity index (χ2v) is 7.24. The summed E-state index contributed by atoms with van der Waals surface area (Å²) in [7, 11) is 0. The Balaban J connectivity index is 1.64. The summed E-state index contributed by atoms with van der Waals surface area (Å²) in [6.45, 7) is 2.10. The van der Waals surface area contributed by atoms with E-state index in [1.54, 1.807) is 24.3 Å². The van der Waals surface area contributed by atoms with E-state index in [2.05, 4.69) is 18.8 Å². The molecule has 4 heteroatoms. The van der Waals surface area contributed by atoms with Crippen molar-refractivity contribution in [1.29, 1.82) is 0 Å². The lowest BCUT2D eigenvalue weighted by molar-refractivity contribution is -0.137. The molecule has 0 aliphatic rings. The molecule has 0 fully saturated rings. The normalized spacial score (nSPS) is 11.3. The molecule has 0 N–H and O–H groups in total. The molecular formula is C27H18F4. The fourth-order valence-corrected chi connectivity index (χ4v) is 3.40. The van der Waals surface area contributed by atoms with Gasteiger partial charge >= 0.3 is 6.18 Å². The summed E-state index contributed by atoms with van der Waals surface area (Å²) in [5, 5.41) is 1.08. The molecule has 0 saturated heterocycles. The highest BCUT2D eigenvalue weighted by Gasteiger charge is 2.30. The van der Waals surface area contributed by atoms with E-state index in [4.69, 9.17) is 0 Å². The van der Waals surface area contributed by atoms with Crippen LogP contribution in [0.1, 0.15) is 29.2 Å². The Labute approximate surface area is 178 Å². The van der Waals surface area contributed by atoms with Crippen molar-refractivity contribution in [2.75, 3.05) is 0 Å². The topological polar surface area (TPSA) is 0 Å². The fraction of sp³-hybridized carbons (Fsp3) is 0.111. The second kappa shape index (κ2) is 8.28. The SMILES string of the molecule is CCc1ccc(C#Cc2ccc3c(F)c(-c4ccc(C(F)(F)F)cc4)ccc3c2)cc1. The molecular weight excluding hydrogens is 400 g/mol. The highest BCUT2D eigenvalue weighted by atomic mass is 19.4. The zero-order valence-corrected chi connectivity index (χ0v) is 16.7. The first kappa shape index (κ1) is 20.7. The molecule has 4 rings (SSSR count). The van der Waals surface area contributed by atoms with E-state index in [0.717, 1.165) is 29.7 Å². The number of aryl methyl sites for hydroxylation is 1. The van der Waals surface area contributed by atoms with Crippen molar-refractivity contribution in [3.63, 3.8) is 0 Å². The molecule has 4 aromatic rings. The van der Waals surface area contributed by atoms with Gasteiger partial charge in [0, 0.05) is 22.1 Å². The molecule has 0 spiro atoms. The van der Waals surface area contributed by atoms with Gasteiger partial charge in [0.05, 0.1) is 5.56 Å². The lowest BCUT2D eigenvalue weighted by Gasteiger charge is -2.10. The lowest BCUT2D eigenvalue weighted by atomic mass is 9.98. The number of fused-ring (bicyclic) bond motifs is 1. The Morgan fingerprint density at radius 2 is 1.39 bits per heavy atom. The average molecular weight is 418 g/mol. The number of alkyl halides is 3. The van der Waals surface area contributed by atoms with Crippen LogP contribution < -0.4 is 0 Å². The molecule has 0 saturated carbocycles. The first-order valence-electron chi connectivity index (χ1n) is 9.86. The minimum absolute atomic E-state index is 0.260. The largest absolute Gasteiger partial charge is 0.416 e. The maximum atomic E-state index is 15.1. The van der Waals surface area contributed by atoms with Crippen LogP contribution in [0.15, 0.2) is 78.9 Å². The summed E-state index contributed by atoms with van der Waals surface area (Å²) >= 11 is 0. The van der Waals surface area contributed by atoms with Crippen molar-refractivity contribution in [2.24, 2.45) is 0 Å². The van der Waals surface area contributed by atoms with Gasteiger partial charge in [-0.15, -0.1) is 0 Å². The lowest BCUT2D eigenvalue weighted by Crippen LogP contribution is -2.04. The van der Waals surface area contributed by atoms with E-state index >= 15 is 4.39 Å². The molecule has 0 bridgehead atoms. The van der Waals surface area contributed by atoms with Crippen molar-refractivity contribution in [1.82, 2.24) is 0 Å². The third-order valence-corrected chi connectivity index (χ3v) is 5.19. The highest BCUT2D eigenvalue weighted by Crippen LogP contribution is 2.33. The van der Waals surface area contributed by atoms with Crippen LogP contribution in [0.2, 0.25) is 0 Å². The second-order valence-electron chi connectivity index (χ2n) is 7.24. The zero-order chi connectivity index (χ0) is 22.0. The number of benzene rings is 4.